The highest BCUT2D eigenvalue weighted by Crippen LogP contribution is 2.31. The molecule has 0 aromatic heterocycles. The smallest absolute Gasteiger partial charge is 0.193 e. The highest BCUT2D eigenvalue weighted by molar-refractivity contribution is 14.0. The highest BCUT2D eigenvalue weighted by Gasteiger charge is 2.22. The molecule has 1 unspecified atom stereocenters. The number of rotatable bonds is 7. The van der Waals surface area contributed by atoms with E-state index in [1.165, 1.54) is 43.2 Å². The van der Waals surface area contributed by atoms with Gasteiger partial charge in [0.1, 0.15) is 0 Å². The van der Waals surface area contributed by atoms with Crippen molar-refractivity contribution in [1.82, 2.24) is 10.2 Å². The van der Waals surface area contributed by atoms with Crippen molar-refractivity contribution in [3.05, 3.63) is 35.4 Å². The van der Waals surface area contributed by atoms with Crippen molar-refractivity contribution >= 4 is 29.9 Å². The molecule has 1 N–H and O–H groups in total. The second-order valence-corrected chi connectivity index (χ2v) is 7.16. The fourth-order valence-corrected chi connectivity index (χ4v) is 3.51. The van der Waals surface area contributed by atoms with Crippen LogP contribution < -0.4 is 5.32 Å². The van der Waals surface area contributed by atoms with Crippen LogP contribution in [0.5, 0.6) is 0 Å². The van der Waals surface area contributed by atoms with Gasteiger partial charge in [0.05, 0.1) is 6.61 Å². The average Bonchev–Trinajstić information content (AvgIpc) is 3.44. The fourth-order valence-electron chi connectivity index (χ4n) is 3.51. The van der Waals surface area contributed by atoms with Crippen LogP contribution >= 0.6 is 24.0 Å². The van der Waals surface area contributed by atoms with E-state index in [1.807, 2.05) is 7.05 Å². The van der Waals surface area contributed by atoms with Gasteiger partial charge < -0.3 is 15.0 Å². The number of likely N-dealkylation sites (N-methyl/N-ethyl adjacent to an activating group) is 1. The minimum atomic E-state index is 0. The molecule has 1 saturated carbocycles. The largest absolute Gasteiger partial charge is 0.379 e. The van der Waals surface area contributed by atoms with Crippen LogP contribution in [0.2, 0.25) is 0 Å². The molecule has 1 fully saturated rings. The van der Waals surface area contributed by atoms with Crippen LogP contribution in [0.15, 0.2) is 29.3 Å². The highest BCUT2D eigenvalue weighted by atomic mass is 127. The summed E-state index contributed by atoms with van der Waals surface area (Å²) < 4.78 is 5.74. The van der Waals surface area contributed by atoms with Gasteiger partial charge in [0.25, 0.3) is 0 Å². The molecule has 5 heteroatoms. The Labute approximate surface area is 169 Å². The standard InChI is InChI=1S/C20H31N3O.HI/c1-21-20(23(2)12-13-24-15-16-10-11-16)22-14-18-8-5-7-17-6-3-4-9-19(17)18;/h3-4,6,9,16,18H,5,7-8,10-15H2,1-2H3,(H,21,22);1H. The van der Waals surface area contributed by atoms with Gasteiger partial charge in [-0.15, -0.1) is 24.0 Å². The monoisotopic (exact) mass is 457 g/mol. The van der Waals surface area contributed by atoms with E-state index in [1.54, 1.807) is 0 Å². The topological polar surface area (TPSA) is 36.9 Å². The van der Waals surface area contributed by atoms with Crippen molar-refractivity contribution in [3.63, 3.8) is 0 Å². The third kappa shape index (κ3) is 6.13. The zero-order valence-electron chi connectivity index (χ0n) is 15.5. The molecular weight excluding hydrogens is 425 g/mol. The van der Waals surface area contributed by atoms with E-state index in [4.69, 9.17) is 4.74 Å². The van der Waals surface area contributed by atoms with Crippen molar-refractivity contribution in [2.75, 3.05) is 40.4 Å². The molecule has 140 valence electrons. The van der Waals surface area contributed by atoms with Crippen LogP contribution in [-0.2, 0) is 11.2 Å². The van der Waals surface area contributed by atoms with Crippen molar-refractivity contribution in [1.29, 1.82) is 0 Å². The molecule has 0 spiro atoms. The number of nitrogens with zero attached hydrogens (tertiary/aromatic N) is 2. The van der Waals surface area contributed by atoms with E-state index in [2.05, 4.69) is 46.5 Å². The van der Waals surface area contributed by atoms with Crippen molar-refractivity contribution in [2.24, 2.45) is 10.9 Å². The number of benzene rings is 1. The maximum atomic E-state index is 5.74. The molecule has 0 aliphatic heterocycles. The lowest BCUT2D eigenvalue weighted by Crippen LogP contribution is -2.42. The molecule has 4 nitrogen and oxygen atoms in total. The summed E-state index contributed by atoms with van der Waals surface area (Å²) >= 11 is 0. The average molecular weight is 457 g/mol. The number of aliphatic imine (C=N–C) groups is 1. The van der Waals surface area contributed by atoms with Crippen molar-refractivity contribution in [2.45, 2.75) is 38.0 Å². The van der Waals surface area contributed by atoms with Crippen LogP contribution in [0, 0.1) is 5.92 Å². The van der Waals surface area contributed by atoms with Gasteiger partial charge >= 0.3 is 0 Å². The molecule has 0 amide bonds. The molecule has 3 rings (SSSR count). The first-order chi connectivity index (χ1) is 11.8. The van der Waals surface area contributed by atoms with Crippen LogP contribution in [0.1, 0.15) is 42.7 Å². The molecule has 1 aromatic carbocycles. The number of hydrogen-bond donors (Lipinski definition) is 1. The van der Waals surface area contributed by atoms with Gasteiger partial charge in [0.15, 0.2) is 5.96 Å². The van der Waals surface area contributed by atoms with Crippen molar-refractivity contribution in [3.8, 4) is 0 Å². The minimum absolute atomic E-state index is 0. The first-order valence-electron chi connectivity index (χ1n) is 9.35. The third-order valence-corrected chi connectivity index (χ3v) is 5.20. The summed E-state index contributed by atoms with van der Waals surface area (Å²) in [5.74, 6) is 2.39. The molecule has 1 aromatic rings. The summed E-state index contributed by atoms with van der Waals surface area (Å²) in [5.41, 5.74) is 3.04. The number of aryl methyl sites for hydroxylation is 1. The fraction of sp³-hybridized carbons (Fsp3) is 0.650. The lowest BCUT2D eigenvalue weighted by molar-refractivity contribution is 0.115. The lowest BCUT2D eigenvalue weighted by Gasteiger charge is -2.28. The maximum Gasteiger partial charge on any atom is 0.193 e. The van der Waals surface area contributed by atoms with Crippen LogP contribution in [0.25, 0.3) is 0 Å². The summed E-state index contributed by atoms with van der Waals surface area (Å²) in [6.45, 7) is 3.54. The van der Waals surface area contributed by atoms with E-state index in [0.29, 0.717) is 5.92 Å². The second kappa shape index (κ2) is 10.4. The molecule has 2 aliphatic rings. The molecule has 0 bridgehead atoms. The maximum absolute atomic E-state index is 5.74. The van der Waals surface area contributed by atoms with E-state index >= 15 is 0 Å². The van der Waals surface area contributed by atoms with E-state index < -0.39 is 0 Å². The Morgan fingerprint density at radius 3 is 2.84 bits per heavy atom. The molecule has 0 radical (unpaired) electrons. The van der Waals surface area contributed by atoms with Gasteiger partial charge in [-0.25, -0.2) is 0 Å². The summed E-state index contributed by atoms with van der Waals surface area (Å²) in [5, 5.41) is 3.56. The van der Waals surface area contributed by atoms with Gasteiger partial charge in [0, 0.05) is 39.7 Å². The van der Waals surface area contributed by atoms with Crippen LogP contribution in [-0.4, -0.2) is 51.3 Å². The van der Waals surface area contributed by atoms with Gasteiger partial charge in [0.2, 0.25) is 0 Å². The van der Waals surface area contributed by atoms with E-state index in [9.17, 15) is 0 Å². The number of guanidine groups is 1. The Hall–Kier alpha value is -0.820. The number of hydrogen-bond acceptors (Lipinski definition) is 2. The quantitative estimate of drug-likeness (QED) is 0.294. The predicted molar refractivity (Wildman–Crippen MR) is 115 cm³/mol. The normalized spacial score (nSPS) is 19.8. The number of fused-ring (bicyclic) bond motifs is 1. The zero-order valence-corrected chi connectivity index (χ0v) is 17.9. The van der Waals surface area contributed by atoms with Gasteiger partial charge in [-0.2, -0.15) is 0 Å². The summed E-state index contributed by atoms with van der Waals surface area (Å²) in [4.78, 5) is 6.60. The number of halogens is 1. The summed E-state index contributed by atoms with van der Waals surface area (Å²) in [7, 11) is 3.95. The van der Waals surface area contributed by atoms with Crippen LogP contribution in [0.3, 0.4) is 0 Å². The van der Waals surface area contributed by atoms with Gasteiger partial charge in [-0.05, 0) is 49.1 Å². The third-order valence-electron chi connectivity index (χ3n) is 5.20. The van der Waals surface area contributed by atoms with Gasteiger partial charge in [-0.3, -0.25) is 4.99 Å². The van der Waals surface area contributed by atoms with Crippen LogP contribution in [0.4, 0.5) is 0 Å². The molecule has 25 heavy (non-hydrogen) atoms. The Morgan fingerprint density at radius 1 is 1.28 bits per heavy atom. The SMILES string of the molecule is CN=C(NCC1CCCc2ccccc21)N(C)CCOCC1CC1.I. The Kier molecular flexibility index (Phi) is 8.49. The molecular formula is C20H32IN3O. The molecule has 0 saturated heterocycles. The van der Waals surface area contributed by atoms with Crippen molar-refractivity contribution < 1.29 is 4.74 Å². The van der Waals surface area contributed by atoms with E-state index in [0.717, 1.165) is 38.2 Å². The Balaban J connectivity index is 0.00000225. The minimum Gasteiger partial charge on any atom is -0.379 e. The first-order valence-corrected chi connectivity index (χ1v) is 9.35. The summed E-state index contributed by atoms with van der Waals surface area (Å²) in [6.07, 6.45) is 6.46. The molecule has 0 heterocycles. The number of ether oxygens (including phenoxy) is 1. The predicted octanol–water partition coefficient (Wildman–Crippen LogP) is 3.66. The molecule has 1 atom stereocenters. The number of nitrogens with one attached hydrogen (secondary N) is 1. The molecule has 2 aliphatic carbocycles. The second-order valence-electron chi connectivity index (χ2n) is 7.16. The van der Waals surface area contributed by atoms with E-state index in [-0.39, 0.29) is 24.0 Å². The summed E-state index contributed by atoms with van der Waals surface area (Å²) in [6, 6.07) is 8.89. The Morgan fingerprint density at radius 2 is 2.08 bits per heavy atom. The lowest BCUT2D eigenvalue weighted by atomic mass is 9.83. The zero-order chi connectivity index (χ0) is 16.8. The Bertz CT molecular complexity index is 560. The first kappa shape index (κ1) is 20.5. The van der Waals surface area contributed by atoms with Gasteiger partial charge in [-0.1, -0.05) is 24.3 Å².